The normalized spacial score (nSPS) is 11.7. The van der Waals surface area contributed by atoms with E-state index >= 15 is 0 Å². The second kappa shape index (κ2) is 8.93. The van der Waals surface area contributed by atoms with Crippen LogP contribution < -0.4 is 15.8 Å². The molecule has 0 saturated heterocycles. The van der Waals surface area contributed by atoms with Crippen LogP contribution in [0.25, 0.3) is 32.6 Å². The molecule has 0 aliphatic rings. The molecule has 0 radical (unpaired) electrons. The van der Waals surface area contributed by atoms with Crippen LogP contribution in [0.4, 0.5) is 0 Å². The minimum atomic E-state index is -0.322. The minimum absolute atomic E-state index is 0.301. The number of pyridine rings is 1. The molecule has 0 bridgehead atoms. The lowest BCUT2D eigenvalue weighted by Gasteiger charge is -2.09. The summed E-state index contributed by atoms with van der Waals surface area (Å²) in [6.07, 6.45) is 10.3. The van der Waals surface area contributed by atoms with Gasteiger partial charge in [-0.15, -0.1) is 0 Å². The third kappa shape index (κ3) is 3.94. The molecule has 0 saturated carbocycles. The first-order chi connectivity index (χ1) is 16.4. The summed E-state index contributed by atoms with van der Waals surface area (Å²) in [6, 6.07) is 10.8. The van der Waals surface area contributed by atoms with Crippen LogP contribution in [0.5, 0.6) is 0 Å². The Bertz CT molecular complexity index is 1640. The maximum absolute atomic E-state index is 11.9. The molecule has 0 atom stereocenters. The average Bonchev–Trinajstić information content (AvgIpc) is 3.23. The van der Waals surface area contributed by atoms with E-state index in [-0.39, 0.29) is 11.2 Å². The third-order valence-corrected chi connectivity index (χ3v) is 7.04. The Kier molecular flexibility index (Phi) is 5.82. The Hall–Kier alpha value is -3.67. The van der Waals surface area contributed by atoms with Gasteiger partial charge in [-0.1, -0.05) is 24.6 Å². The van der Waals surface area contributed by atoms with Crippen LogP contribution in [-0.2, 0) is 13.1 Å². The predicted octanol–water partition coefficient (Wildman–Crippen LogP) is 4.80. The van der Waals surface area contributed by atoms with E-state index in [2.05, 4.69) is 71.1 Å². The van der Waals surface area contributed by atoms with Crippen LogP contribution in [0.15, 0.2) is 58.5 Å². The minimum Gasteiger partial charge on any atom is -0.354 e. The van der Waals surface area contributed by atoms with E-state index in [0.717, 1.165) is 32.2 Å². The molecular formula is C28H31N4O2+. The zero-order chi connectivity index (χ0) is 23.8. The van der Waals surface area contributed by atoms with Gasteiger partial charge in [-0.05, 0) is 56.2 Å². The molecule has 5 rings (SSSR count). The van der Waals surface area contributed by atoms with Gasteiger partial charge in [0.05, 0.1) is 5.52 Å². The summed E-state index contributed by atoms with van der Waals surface area (Å²) in [5.74, 6) is 0. The van der Waals surface area contributed by atoms with Gasteiger partial charge >= 0.3 is 5.69 Å². The number of nitrogens with one attached hydrogen (secondary N) is 2. The number of unbranched alkanes of at least 4 members (excludes halogenated alkanes) is 3. The van der Waals surface area contributed by atoms with Gasteiger partial charge in [0.1, 0.15) is 6.54 Å². The van der Waals surface area contributed by atoms with E-state index in [1.807, 2.05) is 0 Å². The van der Waals surface area contributed by atoms with Crippen molar-refractivity contribution in [3.63, 3.8) is 0 Å². The Morgan fingerprint density at radius 3 is 2.50 bits per heavy atom. The Labute approximate surface area is 197 Å². The van der Waals surface area contributed by atoms with Crippen molar-refractivity contribution in [1.29, 1.82) is 0 Å². The Morgan fingerprint density at radius 1 is 0.853 bits per heavy atom. The standard InChI is InChI=1S/C28H30N4O2/c1-18-16-32(28(34)30-27(18)33)14-9-5-4-8-13-31-15-12-21-20(3)26-25(19(2)23(21)17-31)22-10-6-7-11-24(22)29-26/h6-7,10-12,15-17H,4-5,8-9,13-14H2,1-3H3,(H,30,33,34)/p+1. The van der Waals surface area contributed by atoms with Gasteiger partial charge in [0.25, 0.3) is 5.56 Å². The van der Waals surface area contributed by atoms with Crippen molar-refractivity contribution in [2.45, 2.75) is 59.5 Å². The molecule has 34 heavy (non-hydrogen) atoms. The SMILES string of the molecule is Cc1cn(CCCCCC[n+]2ccc3c(C)c4[nH]c5ccccc5c4c(C)c3c2)c(=O)[nH]c1=O. The number of nitrogens with zero attached hydrogens (tertiary/aromatic N) is 2. The highest BCUT2D eigenvalue weighted by Crippen LogP contribution is 2.35. The first-order valence-electron chi connectivity index (χ1n) is 12.1. The average molecular weight is 456 g/mol. The topological polar surface area (TPSA) is 74.5 Å². The van der Waals surface area contributed by atoms with Gasteiger partial charge in [0, 0.05) is 52.5 Å². The molecule has 2 N–H and O–H groups in total. The number of aromatic amines is 2. The number of aromatic nitrogens is 4. The van der Waals surface area contributed by atoms with Crippen molar-refractivity contribution in [1.82, 2.24) is 14.5 Å². The van der Waals surface area contributed by atoms with Crippen molar-refractivity contribution in [2.24, 2.45) is 0 Å². The van der Waals surface area contributed by atoms with Gasteiger partial charge in [0.15, 0.2) is 12.4 Å². The summed E-state index contributed by atoms with van der Waals surface area (Å²) in [5, 5.41) is 5.22. The molecule has 3 aromatic heterocycles. The molecule has 6 heteroatoms. The first-order valence-corrected chi connectivity index (χ1v) is 12.1. The summed E-state index contributed by atoms with van der Waals surface area (Å²) in [4.78, 5) is 29.4. The largest absolute Gasteiger partial charge is 0.354 e. The number of rotatable bonds is 7. The number of fused-ring (bicyclic) bond motifs is 4. The maximum atomic E-state index is 11.9. The number of H-pyrrole nitrogens is 2. The smallest absolute Gasteiger partial charge is 0.328 e. The summed E-state index contributed by atoms with van der Waals surface area (Å²) in [6.45, 7) is 7.77. The summed E-state index contributed by atoms with van der Waals surface area (Å²) < 4.78 is 3.90. The van der Waals surface area contributed by atoms with Gasteiger partial charge in [-0.3, -0.25) is 9.78 Å². The number of aryl methyl sites for hydroxylation is 5. The van der Waals surface area contributed by atoms with Crippen LogP contribution in [0.2, 0.25) is 0 Å². The fourth-order valence-electron chi connectivity index (χ4n) is 5.10. The third-order valence-electron chi connectivity index (χ3n) is 7.04. The lowest BCUT2D eigenvalue weighted by Crippen LogP contribution is -2.32. The van der Waals surface area contributed by atoms with Crippen molar-refractivity contribution in [3.05, 3.63) is 86.5 Å². The number of hydrogen-bond acceptors (Lipinski definition) is 2. The fourth-order valence-corrected chi connectivity index (χ4v) is 5.10. The Morgan fingerprint density at radius 2 is 1.65 bits per heavy atom. The van der Waals surface area contributed by atoms with Crippen LogP contribution in [0, 0.1) is 20.8 Å². The molecule has 0 aliphatic carbocycles. The van der Waals surface area contributed by atoms with E-state index in [1.54, 1.807) is 17.7 Å². The second-order valence-electron chi connectivity index (χ2n) is 9.36. The summed E-state index contributed by atoms with van der Waals surface area (Å²) in [5.41, 5.74) is 4.99. The summed E-state index contributed by atoms with van der Waals surface area (Å²) >= 11 is 0. The highest BCUT2D eigenvalue weighted by Gasteiger charge is 2.16. The first kappa shape index (κ1) is 22.1. The lowest BCUT2D eigenvalue weighted by atomic mass is 9.97. The van der Waals surface area contributed by atoms with Gasteiger partial charge in [-0.25, -0.2) is 9.36 Å². The van der Waals surface area contributed by atoms with E-state index in [0.29, 0.717) is 12.1 Å². The molecule has 5 aromatic rings. The highest BCUT2D eigenvalue weighted by molar-refractivity contribution is 6.16. The summed E-state index contributed by atoms with van der Waals surface area (Å²) in [7, 11) is 0. The molecule has 0 amide bonds. The van der Waals surface area contributed by atoms with Crippen molar-refractivity contribution >= 4 is 32.6 Å². The van der Waals surface area contributed by atoms with Crippen molar-refractivity contribution in [3.8, 4) is 0 Å². The van der Waals surface area contributed by atoms with Crippen LogP contribution >= 0.6 is 0 Å². The van der Waals surface area contributed by atoms with Crippen molar-refractivity contribution in [2.75, 3.05) is 0 Å². The molecule has 174 valence electrons. The molecule has 0 aliphatic heterocycles. The van der Waals surface area contributed by atoms with Crippen LogP contribution in [0.1, 0.15) is 42.4 Å². The van der Waals surface area contributed by atoms with E-state index < -0.39 is 0 Å². The van der Waals surface area contributed by atoms with Crippen LogP contribution in [-0.4, -0.2) is 14.5 Å². The fraction of sp³-hybridized carbons (Fsp3) is 0.321. The predicted molar refractivity (Wildman–Crippen MR) is 138 cm³/mol. The van der Waals surface area contributed by atoms with E-state index in [9.17, 15) is 9.59 Å². The number of para-hydroxylation sites is 1. The molecule has 2 aromatic carbocycles. The zero-order valence-electron chi connectivity index (χ0n) is 20.1. The van der Waals surface area contributed by atoms with Gasteiger partial charge in [-0.2, -0.15) is 0 Å². The molecular weight excluding hydrogens is 424 g/mol. The van der Waals surface area contributed by atoms with Crippen molar-refractivity contribution < 1.29 is 4.57 Å². The number of benzene rings is 2. The molecule has 6 nitrogen and oxygen atoms in total. The molecule has 3 heterocycles. The zero-order valence-corrected chi connectivity index (χ0v) is 20.1. The Balaban J connectivity index is 1.27. The monoisotopic (exact) mass is 455 g/mol. The highest BCUT2D eigenvalue weighted by atomic mass is 16.2. The van der Waals surface area contributed by atoms with Gasteiger partial charge < -0.3 is 9.55 Å². The second-order valence-corrected chi connectivity index (χ2v) is 9.36. The van der Waals surface area contributed by atoms with Gasteiger partial charge in [0.2, 0.25) is 0 Å². The molecule has 0 unspecified atom stereocenters. The number of hydrogen-bond donors (Lipinski definition) is 2. The quantitative estimate of drug-likeness (QED) is 0.273. The molecule has 0 fully saturated rings. The van der Waals surface area contributed by atoms with E-state index in [4.69, 9.17) is 0 Å². The van der Waals surface area contributed by atoms with Crippen LogP contribution in [0.3, 0.4) is 0 Å². The lowest BCUT2D eigenvalue weighted by molar-refractivity contribution is -0.696. The maximum Gasteiger partial charge on any atom is 0.328 e. The molecule has 0 spiro atoms. The van der Waals surface area contributed by atoms with E-state index in [1.165, 1.54) is 43.7 Å².